The summed E-state index contributed by atoms with van der Waals surface area (Å²) in [7, 11) is 0. The van der Waals surface area contributed by atoms with E-state index in [4.69, 9.17) is 4.74 Å². The molecule has 2 rings (SSSR count). The van der Waals surface area contributed by atoms with E-state index in [2.05, 4.69) is 26.8 Å². The summed E-state index contributed by atoms with van der Waals surface area (Å²) >= 11 is 0. The number of esters is 1. The van der Waals surface area contributed by atoms with Gasteiger partial charge in [-0.15, -0.1) is 0 Å². The topological polar surface area (TPSA) is 77.5 Å². The van der Waals surface area contributed by atoms with Crippen LogP contribution in [0.3, 0.4) is 0 Å². The van der Waals surface area contributed by atoms with E-state index in [0.29, 0.717) is 19.4 Å². The standard InChI is InChI=1S/C32H48O5/c1-9-12-24(26(10-2)29(34)14-21(7)33)15-23-16-28-27(19(4)5)18-25(13-20(6)32(36)37-11-3)22(8)31(28)30(35)17-23/h18-20,23-24,26H,9-17H2,1-8H3. The van der Waals surface area contributed by atoms with Crippen LogP contribution in [0, 0.1) is 30.6 Å². The van der Waals surface area contributed by atoms with Crippen molar-refractivity contribution in [2.75, 3.05) is 6.61 Å². The fourth-order valence-electron chi connectivity index (χ4n) is 6.31. The molecule has 1 aliphatic rings. The van der Waals surface area contributed by atoms with Gasteiger partial charge in [0.25, 0.3) is 0 Å². The molecule has 0 aromatic heterocycles. The van der Waals surface area contributed by atoms with Gasteiger partial charge in [-0.2, -0.15) is 0 Å². The van der Waals surface area contributed by atoms with E-state index in [0.717, 1.165) is 54.4 Å². The van der Waals surface area contributed by atoms with Gasteiger partial charge < -0.3 is 4.74 Å². The van der Waals surface area contributed by atoms with Gasteiger partial charge in [0.1, 0.15) is 11.6 Å². The van der Waals surface area contributed by atoms with E-state index in [1.165, 1.54) is 12.5 Å². The molecular formula is C32H48O5. The molecule has 4 atom stereocenters. The number of hydrogen-bond acceptors (Lipinski definition) is 5. The van der Waals surface area contributed by atoms with E-state index in [1.807, 2.05) is 27.7 Å². The molecule has 5 heteroatoms. The highest BCUT2D eigenvalue weighted by molar-refractivity contribution is 6.01. The number of hydrogen-bond donors (Lipinski definition) is 0. The van der Waals surface area contributed by atoms with Crippen LogP contribution in [0.5, 0.6) is 0 Å². The Hall–Kier alpha value is -2.30. The van der Waals surface area contributed by atoms with Crippen LogP contribution in [0.2, 0.25) is 0 Å². The van der Waals surface area contributed by atoms with Crippen LogP contribution in [0.15, 0.2) is 6.07 Å². The Labute approximate surface area is 224 Å². The first-order valence-corrected chi connectivity index (χ1v) is 14.3. The molecule has 5 nitrogen and oxygen atoms in total. The molecule has 0 fully saturated rings. The van der Waals surface area contributed by atoms with Gasteiger partial charge in [0, 0.05) is 17.9 Å². The summed E-state index contributed by atoms with van der Waals surface area (Å²) in [5.74, 6) is 0.185. The van der Waals surface area contributed by atoms with Crippen molar-refractivity contribution in [2.24, 2.45) is 23.7 Å². The Morgan fingerprint density at radius 1 is 1.08 bits per heavy atom. The smallest absolute Gasteiger partial charge is 0.308 e. The highest BCUT2D eigenvalue weighted by Crippen LogP contribution is 2.40. The first-order valence-electron chi connectivity index (χ1n) is 14.3. The second-order valence-corrected chi connectivity index (χ2v) is 11.5. The van der Waals surface area contributed by atoms with E-state index >= 15 is 0 Å². The van der Waals surface area contributed by atoms with Crippen molar-refractivity contribution in [1.82, 2.24) is 0 Å². The molecule has 1 aliphatic carbocycles. The average molecular weight is 513 g/mol. The van der Waals surface area contributed by atoms with Crippen LogP contribution in [0.1, 0.15) is 126 Å². The Morgan fingerprint density at radius 3 is 2.30 bits per heavy atom. The number of ketones is 3. The molecule has 0 heterocycles. The molecule has 0 N–H and O–H groups in total. The first-order chi connectivity index (χ1) is 17.4. The molecule has 206 valence electrons. The first kappa shape index (κ1) is 30.9. The number of fused-ring (bicyclic) bond motifs is 1. The quantitative estimate of drug-likeness (QED) is 0.198. The summed E-state index contributed by atoms with van der Waals surface area (Å²) in [5.41, 5.74) is 5.24. The van der Waals surface area contributed by atoms with Crippen LogP contribution in [0.4, 0.5) is 0 Å². The Bertz CT molecular complexity index is 989. The molecule has 0 saturated carbocycles. The second kappa shape index (κ2) is 14.0. The van der Waals surface area contributed by atoms with Gasteiger partial charge >= 0.3 is 5.97 Å². The fraction of sp³-hybridized carbons (Fsp3) is 0.688. The lowest BCUT2D eigenvalue weighted by Crippen LogP contribution is -2.30. The normalized spacial score (nSPS) is 17.8. The molecule has 0 amide bonds. The highest BCUT2D eigenvalue weighted by atomic mass is 16.5. The molecule has 4 unspecified atom stereocenters. The third-order valence-corrected chi connectivity index (χ3v) is 8.06. The molecule has 1 aromatic rings. The number of carbonyl (C=O) groups is 4. The number of benzene rings is 1. The highest BCUT2D eigenvalue weighted by Gasteiger charge is 2.35. The minimum Gasteiger partial charge on any atom is -0.466 e. The Morgan fingerprint density at radius 2 is 1.76 bits per heavy atom. The summed E-state index contributed by atoms with van der Waals surface area (Å²) in [6.45, 7) is 16.0. The van der Waals surface area contributed by atoms with Crippen molar-refractivity contribution in [1.29, 1.82) is 0 Å². The maximum absolute atomic E-state index is 13.6. The molecule has 0 saturated heterocycles. The summed E-state index contributed by atoms with van der Waals surface area (Å²) in [5, 5.41) is 0. The third kappa shape index (κ3) is 7.85. The third-order valence-electron chi connectivity index (χ3n) is 8.06. The average Bonchev–Trinajstić information content (AvgIpc) is 2.80. The lowest BCUT2D eigenvalue weighted by atomic mass is 9.70. The predicted octanol–water partition coefficient (Wildman–Crippen LogP) is 6.99. The zero-order valence-electron chi connectivity index (χ0n) is 24.4. The van der Waals surface area contributed by atoms with Crippen LogP contribution in [-0.2, 0) is 32.0 Å². The molecule has 0 radical (unpaired) electrons. The summed E-state index contributed by atoms with van der Waals surface area (Å²) in [6, 6.07) is 2.21. The maximum Gasteiger partial charge on any atom is 0.308 e. The fourth-order valence-corrected chi connectivity index (χ4v) is 6.31. The van der Waals surface area contributed by atoms with Gasteiger partial charge in [-0.25, -0.2) is 0 Å². The summed E-state index contributed by atoms with van der Waals surface area (Å²) in [6.07, 6.45) is 5.36. The van der Waals surface area contributed by atoms with E-state index < -0.39 is 0 Å². The minimum atomic E-state index is -0.267. The lowest BCUT2D eigenvalue weighted by Gasteiger charge is -2.33. The molecule has 0 aliphatic heterocycles. The van der Waals surface area contributed by atoms with Crippen molar-refractivity contribution in [3.8, 4) is 0 Å². The minimum absolute atomic E-state index is 0.00877. The van der Waals surface area contributed by atoms with E-state index in [1.54, 1.807) is 0 Å². The Balaban J connectivity index is 2.39. The van der Waals surface area contributed by atoms with Gasteiger partial charge in [0.05, 0.1) is 18.9 Å². The summed E-state index contributed by atoms with van der Waals surface area (Å²) in [4.78, 5) is 50.4. The number of Topliss-reactive ketones (excluding diaryl/α,β-unsaturated/α-hetero) is 3. The van der Waals surface area contributed by atoms with Gasteiger partial charge in [0.15, 0.2) is 5.78 Å². The Kier molecular flexibility index (Phi) is 11.7. The largest absolute Gasteiger partial charge is 0.466 e. The van der Waals surface area contributed by atoms with Gasteiger partial charge in [-0.3, -0.25) is 19.2 Å². The lowest BCUT2D eigenvalue weighted by molar-refractivity contribution is -0.147. The zero-order chi connectivity index (χ0) is 27.9. The predicted molar refractivity (Wildman–Crippen MR) is 148 cm³/mol. The van der Waals surface area contributed by atoms with Crippen LogP contribution >= 0.6 is 0 Å². The van der Waals surface area contributed by atoms with E-state index in [9.17, 15) is 19.2 Å². The molecule has 1 aromatic carbocycles. The van der Waals surface area contributed by atoms with Gasteiger partial charge in [-0.1, -0.05) is 53.5 Å². The molecular weight excluding hydrogens is 464 g/mol. The second-order valence-electron chi connectivity index (χ2n) is 11.5. The maximum atomic E-state index is 13.6. The monoisotopic (exact) mass is 512 g/mol. The van der Waals surface area contributed by atoms with Crippen molar-refractivity contribution in [3.05, 3.63) is 33.9 Å². The van der Waals surface area contributed by atoms with Crippen molar-refractivity contribution in [3.63, 3.8) is 0 Å². The zero-order valence-corrected chi connectivity index (χ0v) is 24.4. The van der Waals surface area contributed by atoms with Crippen molar-refractivity contribution < 1.29 is 23.9 Å². The van der Waals surface area contributed by atoms with Crippen molar-refractivity contribution in [2.45, 2.75) is 113 Å². The number of carbonyl (C=O) groups excluding carboxylic acids is 4. The van der Waals surface area contributed by atoms with Gasteiger partial charge in [0.2, 0.25) is 0 Å². The van der Waals surface area contributed by atoms with Crippen LogP contribution < -0.4 is 0 Å². The molecule has 37 heavy (non-hydrogen) atoms. The summed E-state index contributed by atoms with van der Waals surface area (Å²) < 4.78 is 5.22. The number of ether oxygens (including phenoxy) is 1. The van der Waals surface area contributed by atoms with Gasteiger partial charge in [-0.05, 0) is 86.5 Å². The van der Waals surface area contributed by atoms with Crippen LogP contribution in [0.25, 0.3) is 0 Å². The SMILES string of the molecule is CCCC(CC1CC(=O)c2c(C)c(CC(C)C(=O)OCC)cc(C(C)C)c2C1)C(CC)C(=O)CC(C)=O. The van der Waals surface area contributed by atoms with Crippen LogP contribution in [-0.4, -0.2) is 29.9 Å². The van der Waals surface area contributed by atoms with Crippen molar-refractivity contribution >= 4 is 23.3 Å². The number of rotatable bonds is 14. The van der Waals surface area contributed by atoms with E-state index in [-0.39, 0.29) is 59.3 Å². The molecule has 0 bridgehead atoms. The molecule has 0 spiro atoms.